The van der Waals surface area contributed by atoms with Gasteiger partial charge in [-0.1, -0.05) is 0 Å². The van der Waals surface area contributed by atoms with E-state index in [0.717, 1.165) is 54.7 Å². The number of isothiocyanates is 1. The van der Waals surface area contributed by atoms with Crippen molar-refractivity contribution in [3.8, 4) is 0 Å². The van der Waals surface area contributed by atoms with Gasteiger partial charge in [-0.3, -0.25) is 9.47 Å². The van der Waals surface area contributed by atoms with Crippen molar-refractivity contribution in [3.05, 3.63) is 42.0 Å². The fourth-order valence-corrected chi connectivity index (χ4v) is 3.61. The van der Waals surface area contributed by atoms with E-state index in [1.165, 1.54) is 0 Å². The highest BCUT2D eigenvalue weighted by Crippen LogP contribution is 2.22. The number of likely N-dealkylation sites (tertiary alicyclic amines) is 1. The minimum atomic E-state index is 0.343. The predicted octanol–water partition coefficient (Wildman–Crippen LogP) is 2.97. The van der Waals surface area contributed by atoms with Gasteiger partial charge in [-0.25, -0.2) is 15.0 Å². The average Bonchev–Trinajstić information content (AvgIpc) is 3.37. The van der Waals surface area contributed by atoms with Gasteiger partial charge in [-0.05, 0) is 49.8 Å². The molecule has 27 heavy (non-hydrogen) atoms. The lowest BCUT2D eigenvalue weighted by atomic mass is 10.3. The lowest BCUT2D eigenvalue weighted by Gasteiger charge is -2.16. The molecule has 4 rings (SSSR count). The van der Waals surface area contributed by atoms with E-state index in [4.69, 9.17) is 9.40 Å². The van der Waals surface area contributed by atoms with Gasteiger partial charge in [0.1, 0.15) is 17.0 Å². The van der Waals surface area contributed by atoms with Crippen molar-refractivity contribution in [1.29, 1.82) is 0 Å². The summed E-state index contributed by atoms with van der Waals surface area (Å²) < 4.78 is 7.86. The molecule has 8 heteroatoms. The number of furan rings is 1. The third-order valence-electron chi connectivity index (χ3n) is 4.81. The lowest BCUT2D eigenvalue weighted by molar-refractivity contribution is 0.346. The monoisotopic (exact) mass is 382 g/mol. The van der Waals surface area contributed by atoms with Crippen molar-refractivity contribution in [1.82, 2.24) is 19.4 Å². The van der Waals surface area contributed by atoms with Gasteiger partial charge >= 0.3 is 0 Å². The Morgan fingerprint density at radius 2 is 2.33 bits per heavy atom. The quantitative estimate of drug-likeness (QED) is 0.500. The minimum Gasteiger partial charge on any atom is -0.464 e. The van der Waals surface area contributed by atoms with Gasteiger partial charge in [0.05, 0.1) is 18.3 Å². The van der Waals surface area contributed by atoms with Crippen molar-refractivity contribution in [2.24, 2.45) is 4.99 Å². The Hall–Kier alpha value is -2.54. The van der Waals surface area contributed by atoms with Gasteiger partial charge in [-0.15, -0.1) is 0 Å². The van der Waals surface area contributed by atoms with Crippen LogP contribution in [-0.2, 0) is 6.54 Å². The van der Waals surface area contributed by atoms with Crippen molar-refractivity contribution in [3.63, 3.8) is 0 Å². The number of thiocarbonyl (C=S) groups is 1. The molecule has 1 fully saturated rings. The largest absolute Gasteiger partial charge is 0.464 e. The molecule has 0 bridgehead atoms. The number of nitrogens with one attached hydrogen (secondary N) is 1. The van der Waals surface area contributed by atoms with Crippen LogP contribution in [0.2, 0.25) is 0 Å². The van der Waals surface area contributed by atoms with E-state index in [1.807, 2.05) is 31.2 Å². The Bertz CT molecular complexity index is 974. The van der Waals surface area contributed by atoms with Crippen LogP contribution in [0.15, 0.2) is 39.9 Å². The first-order valence-electron chi connectivity index (χ1n) is 9.12. The molecular weight excluding hydrogens is 360 g/mol. The summed E-state index contributed by atoms with van der Waals surface area (Å²) in [4.78, 5) is 15.7. The molecule has 0 aliphatic carbocycles. The summed E-state index contributed by atoms with van der Waals surface area (Å²) in [7, 11) is 0. The molecule has 0 saturated carbocycles. The van der Waals surface area contributed by atoms with Crippen LogP contribution in [0.3, 0.4) is 0 Å². The molecule has 1 aliphatic heterocycles. The SMILES string of the molecule is Cc1ccc(Cn2c(NC3CCN(CCN=C=S)C3)nc3cccnc32)o1. The molecule has 1 atom stereocenters. The molecule has 7 nitrogen and oxygen atoms in total. The fraction of sp³-hybridized carbons (Fsp3) is 0.421. The first-order valence-corrected chi connectivity index (χ1v) is 9.53. The molecule has 1 unspecified atom stereocenters. The van der Waals surface area contributed by atoms with E-state index in [-0.39, 0.29) is 0 Å². The van der Waals surface area contributed by atoms with Crippen LogP contribution in [0.4, 0.5) is 5.95 Å². The van der Waals surface area contributed by atoms with Gasteiger partial charge in [0.15, 0.2) is 5.65 Å². The standard InChI is InChI=1S/C19H22N6OS/c1-14-4-5-16(26-14)12-25-18-17(3-2-7-21-18)23-19(25)22-15-6-9-24(11-15)10-8-20-13-27/h2-5,7,15H,6,8-12H2,1H3,(H,22,23). The number of anilines is 1. The van der Waals surface area contributed by atoms with E-state index < -0.39 is 0 Å². The molecule has 0 aromatic carbocycles. The number of pyridine rings is 1. The number of aromatic nitrogens is 3. The Labute approximate surface area is 163 Å². The maximum atomic E-state index is 5.77. The molecule has 0 spiro atoms. The second kappa shape index (κ2) is 8.00. The molecule has 3 aromatic heterocycles. The van der Waals surface area contributed by atoms with E-state index in [1.54, 1.807) is 6.20 Å². The van der Waals surface area contributed by atoms with Crippen LogP contribution >= 0.6 is 12.2 Å². The Morgan fingerprint density at radius 1 is 1.41 bits per heavy atom. The highest BCUT2D eigenvalue weighted by atomic mass is 32.1. The number of aliphatic imine (C=N–C) groups is 1. The zero-order chi connectivity index (χ0) is 18.6. The normalized spacial score (nSPS) is 17.3. The maximum absolute atomic E-state index is 5.77. The van der Waals surface area contributed by atoms with Crippen molar-refractivity contribution in [2.75, 3.05) is 31.5 Å². The van der Waals surface area contributed by atoms with Crippen LogP contribution in [0.25, 0.3) is 11.2 Å². The van der Waals surface area contributed by atoms with Gasteiger partial charge in [0.2, 0.25) is 5.95 Å². The topological polar surface area (TPSA) is 71.5 Å². The van der Waals surface area contributed by atoms with Crippen LogP contribution in [0, 0.1) is 6.92 Å². The number of hydrogen-bond acceptors (Lipinski definition) is 7. The Kier molecular flexibility index (Phi) is 5.29. The lowest BCUT2D eigenvalue weighted by Crippen LogP contribution is -2.29. The third-order valence-corrected chi connectivity index (χ3v) is 4.94. The molecule has 0 amide bonds. The first-order chi connectivity index (χ1) is 13.2. The smallest absolute Gasteiger partial charge is 0.205 e. The zero-order valence-electron chi connectivity index (χ0n) is 15.3. The molecule has 3 aromatic rings. The molecule has 1 N–H and O–H groups in total. The molecule has 0 radical (unpaired) electrons. The van der Waals surface area contributed by atoms with E-state index in [9.17, 15) is 0 Å². The maximum Gasteiger partial charge on any atom is 0.205 e. The van der Waals surface area contributed by atoms with Gasteiger partial charge in [0.25, 0.3) is 0 Å². The van der Waals surface area contributed by atoms with Crippen molar-refractivity contribution in [2.45, 2.75) is 25.9 Å². The van der Waals surface area contributed by atoms with Crippen LogP contribution in [-0.4, -0.2) is 56.8 Å². The summed E-state index contributed by atoms with van der Waals surface area (Å²) >= 11 is 4.63. The Morgan fingerprint density at radius 3 is 3.15 bits per heavy atom. The summed E-state index contributed by atoms with van der Waals surface area (Å²) in [6.07, 6.45) is 2.86. The summed E-state index contributed by atoms with van der Waals surface area (Å²) in [5, 5.41) is 6.03. The second-order valence-corrected chi connectivity index (χ2v) is 6.97. The van der Waals surface area contributed by atoms with E-state index >= 15 is 0 Å². The average molecular weight is 382 g/mol. The third kappa shape index (κ3) is 4.08. The van der Waals surface area contributed by atoms with E-state index in [0.29, 0.717) is 19.1 Å². The fourth-order valence-electron chi connectivity index (χ4n) is 3.52. The highest BCUT2D eigenvalue weighted by molar-refractivity contribution is 7.78. The molecule has 1 saturated heterocycles. The van der Waals surface area contributed by atoms with Crippen LogP contribution in [0.5, 0.6) is 0 Å². The van der Waals surface area contributed by atoms with Crippen molar-refractivity contribution >= 4 is 34.5 Å². The highest BCUT2D eigenvalue weighted by Gasteiger charge is 2.24. The second-order valence-electron chi connectivity index (χ2n) is 6.78. The summed E-state index contributed by atoms with van der Waals surface area (Å²) in [5.41, 5.74) is 1.74. The number of rotatable bonds is 7. The van der Waals surface area contributed by atoms with Gasteiger partial charge in [-0.2, -0.15) is 0 Å². The molecule has 4 heterocycles. The summed E-state index contributed by atoms with van der Waals surface area (Å²) in [6, 6.07) is 8.22. The number of nitrogens with zero attached hydrogens (tertiary/aromatic N) is 5. The predicted molar refractivity (Wildman–Crippen MR) is 108 cm³/mol. The van der Waals surface area contributed by atoms with Gasteiger partial charge in [0, 0.05) is 31.9 Å². The first kappa shape index (κ1) is 17.9. The summed E-state index contributed by atoms with van der Waals surface area (Å²) in [6.45, 7) is 6.17. The van der Waals surface area contributed by atoms with Gasteiger partial charge < -0.3 is 9.73 Å². The molecule has 1 aliphatic rings. The summed E-state index contributed by atoms with van der Waals surface area (Å²) in [5.74, 6) is 2.63. The van der Waals surface area contributed by atoms with Crippen LogP contribution < -0.4 is 5.32 Å². The van der Waals surface area contributed by atoms with Crippen LogP contribution in [0.1, 0.15) is 17.9 Å². The number of fused-ring (bicyclic) bond motifs is 1. The number of imidazole rings is 1. The zero-order valence-corrected chi connectivity index (χ0v) is 16.1. The van der Waals surface area contributed by atoms with Crippen molar-refractivity contribution < 1.29 is 4.42 Å². The van der Waals surface area contributed by atoms with E-state index in [2.05, 4.69) is 42.1 Å². The minimum absolute atomic E-state index is 0.343. The Balaban J connectivity index is 1.53. The number of aryl methyl sites for hydroxylation is 1. The number of hydrogen-bond donors (Lipinski definition) is 1. The molecule has 140 valence electrons. The molecular formula is C19H22N6OS.